The summed E-state index contributed by atoms with van der Waals surface area (Å²) in [4.78, 5) is 26.6. The number of nitrogens with one attached hydrogen (secondary N) is 1. The van der Waals surface area contributed by atoms with Gasteiger partial charge in [0.2, 0.25) is 5.91 Å². The maximum Gasteiger partial charge on any atom is 0.251 e. The van der Waals surface area contributed by atoms with Gasteiger partial charge in [-0.3, -0.25) is 9.59 Å². The Kier molecular flexibility index (Phi) is 5.48. The number of carbonyl (C=O) groups is 2. The van der Waals surface area contributed by atoms with Crippen molar-refractivity contribution in [3.05, 3.63) is 35.6 Å². The molecule has 1 aliphatic carbocycles. The van der Waals surface area contributed by atoms with E-state index in [1.54, 1.807) is 0 Å². The Bertz CT molecular complexity index is 582. The molecular formula is C19H25FN2O2. The molecule has 0 radical (unpaired) electrons. The van der Waals surface area contributed by atoms with E-state index in [9.17, 15) is 14.0 Å². The van der Waals surface area contributed by atoms with Crippen molar-refractivity contribution in [2.75, 3.05) is 19.6 Å². The third kappa shape index (κ3) is 4.13. The summed E-state index contributed by atoms with van der Waals surface area (Å²) in [7, 11) is 0. The van der Waals surface area contributed by atoms with E-state index < -0.39 is 0 Å². The molecular weight excluding hydrogens is 307 g/mol. The van der Waals surface area contributed by atoms with Gasteiger partial charge in [0.05, 0.1) is 0 Å². The molecule has 4 nitrogen and oxygen atoms in total. The molecule has 1 aliphatic heterocycles. The van der Waals surface area contributed by atoms with E-state index in [0.717, 1.165) is 38.8 Å². The molecule has 1 saturated heterocycles. The van der Waals surface area contributed by atoms with Crippen LogP contribution in [-0.4, -0.2) is 36.3 Å². The lowest BCUT2D eigenvalue weighted by Gasteiger charge is -2.34. The van der Waals surface area contributed by atoms with Gasteiger partial charge in [0, 0.05) is 31.1 Å². The lowest BCUT2D eigenvalue weighted by molar-refractivity contribution is -0.137. The molecule has 1 saturated carbocycles. The first kappa shape index (κ1) is 16.9. The highest BCUT2D eigenvalue weighted by molar-refractivity contribution is 5.94. The summed E-state index contributed by atoms with van der Waals surface area (Å²) in [5.74, 6) is 0.294. The summed E-state index contributed by atoms with van der Waals surface area (Å²) >= 11 is 0. The quantitative estimate of drug-likeness (QED) is 0.921. The predicted octanol–water partition coefficient (Wildman–Crippen LogP) is 2.98. The molecule has 0 spiro atoms. The zero-order valence-corrected chi connectivity index (χ0v) is 14.0. The van der Waals surface area contributed by atoms with Crippen LogP contribution in [0.15, 0.2) is 24.3 Å². The van der Waals surface area contributed by atoms with Crippen LogP contribution in [0.2, 0.25) is 0 Å². The monoisotopic (exact) mass is 332 g/mol. The van der Waals surface area contributed by atoms with Crippen LogP contribution in [-0.2, 0) is 4.79 Å². The van der Waals surface area contributed by atoms with Crippen LogP contribution in [0.3, 0.4) is 0 Å². The molecule has 5 heteroatoms. The number of rotatable bonds is 4. The van der Waals surface area contributed by atoms with Crippen LogP contribution in [0.25, 0.3) is 0 Å². The number of piperidine rings is 1. The molecule has 1 atom stereocenters. The third-order valence-electron chi connectivity index (χ3n) is 5.19. The SMILES string of the molecule is O=C(NC[C@@H]1CCCN(C(=O)C2CCCC2)C1)c1ccc(F)cc1. The van der Waals surface area contributed by atoms with Gasteiger partial charge in [-0.1, -0.05) is 12.8 Å². The maximum absolute atomic E-state index is 12.9. The number of amides is 2. The van der Waals surface area contributed by atoms with Crippen LogP contribution < -0.4 is 5.32 Å². The summed E-state index contributed by atoms with van der Waals surface area (Å²) in [6, 6.07) is 5.55. The summed E-state index contributed by atoms with van der Waals surface area (Å²) in [5, 5.41) is 2.92. The maximum atomic E-state index is 12.9. The first-order valence-corrected chi connectivity index (χ1v) is 8.96. The minimum Gasteiger partial charge on any atom is -0.352 e. The van der Waals surface area contributed by atoms with Gasteiger partial charge in [-0.25, -0.2) is 4.39 Å². The zero-order valence-electron chi connectivity index (χ0n) is 14.0. The molecule has 2 aliphatic rings. The Morgan fingerprint density at radius 3 is 2.50 bits per heavy atom. The van der Waals surface area contributed by atoms with Gasteiger partial charge in [-0.15, -0.1) is 0 Å². The molecule has 1 heterocycles. The fraction of sp³-hybridized carbons (Fsp3) is 0.579. The minimum absolute atomic E-state index is 0.186. The van der Waals surface area contributed by atoms with Gasteiger partial charge in [0.1, 0.15) is 5.82 Å². The summed E-state index contributed by atoms with van der Waals surface area (Å²) < 4.78 is 12.9. The van der Waals surface area contributed by atoms with Crippen molar-refractivity contribution in [3.8, 4) is 0 Å². The first-order chi connectivity index (χ1) is 11.6. The largest absolute Gasteiger partial charge is 0.352 e. The highest BCUT2D eigenvalue weighted by Crippen LogP contribution is 2.28. The molecule has 3 rings (SSSR count). The van der Waals surface area contributed by atoms with Gasteiger partial charge >= 0.3 is 0 Å². The van der Waals surface area contributed by atoms with Crippen LogP contribution >= 0.6 is 0 Å². The number of likely N-dealkylation sites (tertiary alicyclic amines) is 1. The molecule has 0 aromatic heterocycles. The van der Waals surface area contributed by atoms with Crippen molar-refractivity contribution in [1.82, 2.24) is 10.2 Å². The van der Waals surface area contributed by atoms with Gasteiger partial charge in [-0.2, -0.15) is 0 Å². The highest BCUT2D eigenvalue weighted by atomic mass is 19.1. The van der Waals surface area contributed by atoms with Gasteiger partial charge in [0.15, 0.2) is 0 Å². The third-order valence-corrected chi connectivity index (χ3v) is 5.19. The van der Waals surface area contributed by atoms with Crippen LogP contribution in [0.5, 0.6) is 0 Å². The van der Waals surface area contributed by atoms with Gasteiger partial charge < -0.3 is 10.2 Å². The van der Waals surface area contributed by atoms with E-state index in [4.69, 9.17) is 0 Å². The van der Waals surface area contributed by atoms with E-state index in [-0.39, 0.29) is 17.6 Å². The van der Waals surface area contributed by atoms with Crippen molar-refractivity contribution >= 4 is 11.8 Å². The number of hydrogen-bond donors (Lipinski definition) is 1. The fourth-order valence-electron chi connectivity index (χ4n) is 3.80. The normalized spacial score (nSPS) is 21.7. The molecule has 1 aromatic rings. The van der Waals surface area contributed by atoms with Crippen LogP contribution in [0.4, 0.5) is 4.39 Å². The van der Waals surface area contributed by atoms with Crippen molar-refractivity contribution in [2.45, 2.75) is 38.5 Å². The summed E-state index contributed by atoms with van der Waals surface area (Å²) in [6.45, 7) is 2.14. The molecule has 1 N–H and O–H groups in total. The average Bonchev–Trinajstić information content (AvgIpc) is 3.14. The van der Waals surface area contributed by atoms with E-state index in [1.165, 1.54) is 37.1 Å². The second-order valence-corrected chi connectivity index (χ2v) is 6.99. The molecule has 130 valence electrons. The van der Waals surface area contributed by atoms with E-state index in [0.29, 0.717) is 23.9 Å². The molecule has 2 amide bonds. The second-order valence-electron chi connectivity index (χ2n) is 6.99. The molecule has 2 fully saturated rings. The Morgan fingerprint density at radius 1 is 1.08 bits per heavy atom. The number of nitrogens with zero attached hydrogens (tertiary/aromatic N) is 1. The van der Waals surface area contributed by atoms with E-state index >= 15 is 0 Å². The molecule has 24 heavy (non-hydrogen) atoms. The van der Waals surface area contributed by atoms with Gasteiger partial charge in [0.25, 0.3) is 5.91 Å². The lowest BCUT2D eigenvalue weighted by atomic mass is 9.96. The van der Waals surface area contributed by atoms with Gasteiger partial charge in [-0.05, 0) is 55.9 Å². The van der Waals surface area contributed by atoms with E-state index in [1.807, 2.05) is 4.90 Å². The summed E-state index contributed by atoms with van der Waals surface area (Å²) in [5.41, 5.74) is 0.464. The Hall–Kier alpha value is -1.91. The molecule has 0 unspecified atom stereocenters. The summed E-state index contributed by atoms with van der Waals surface area (Å²) in [6.07, 6.45) is 6.42. The van der Waals surface area contributed by atoms with Crippen molar-refractivity contribution in [1.29, 1.82) is 0 Å². The van der Waals surface area contributed by atoms with Crippen molar-refractivity contribution in [3.63, 3.8) is 0 Å². The average molecular weight is 332 g/mol. The zero-order chi connectivity index (χ0) is 16.9. The Morgan fingerprint density at radius 2 is 1.79 bits per heavy atom. The number of hydrogen-bond acceptors (Lipinski definition) is 2. The van der Waals surface area contributed by atoms with Crippen LogP contribution in [0.1, 0.15) is 48.9 Å². The lowest BCUT2D eigenvalue weighted by Crippen LogP contribution is -2.45. The Balaban J connectivity index is 1.49. The number of carbonyl (C=O) groups excluding carboxylic acids is 2. The van der Waals surface area contributed by atoms with Crippen LogP contribution in [0, 0.1) is 17.7 Å². The molecule has 1 aromatic carbocycles. The predicted molar refractivity (Wildman–Crippen MR) is 90.0 cm³/mol. The van der Waals surface area contributed by atoms with Crippen molar-refractivity contribution < 1.29 is 14.0 Å². The van der Waals surface area contributed by atoms with E-state index in [2.05, 4.69) is 5.32 Å². The standard InChI is InChI=1S/C19H25FN2O2/c20-17-9-7-15(8-10-17)18(23)21-12-14-4-3-11-22(13-14)19(24)16-5-1-2-6-16/h7-10,14,16H,1-6,11-13H2,(H,21,23)/t14-/m0/s1. The number of halogens is 1. The Labute approximate surface area is 142 Å². The molecule has 0 bridgehead atoms. The first-order valence-electron chi connectivity index (χ1n) is 8.96. The minimum atomic E-state index is -0.347. The van der Waals surface area contributed by atoms with Crippen molar-refractivity contribution in [2.24, 2.45) is 11.8 Å². The highest BCUT2D eigenvalue weighted by Gasteiger charge is 2.30. The topological polar surface area (TPSA) is 49.4 Å². The smallest absolute Gasteiger partial charge is 0.251 e. The second kappa shape index (κ2) is 7.77. The number of benzene rings is 1. The fourth-order valence-corrected chi connectivity index (χ4v) is 3.80.